The van der Waals surface area contributed by atoms with E-state index in [-0.39, 0.29) is 11.8 Å². The largest absolute Gasteiger partial charge is 0.347 e. The van der Waals surface area contributed by atoms with Crippen LogP contribution in [0.2, 0.25) is 0 Å². The van der Waals surface area contributed by atoms with Gasteiger partial charge < -0.3 is 15.2 Å². The Balaban J connectivity index is 2.09. The molecule has 2 aliphatic rings. The standard InChI is InChI=1S/C9H17NO2/c1-7-2-3-8(10)6-9(7)11-4-5-12-9/h7-8H,2-6,10H2,1H3/t7?,8-/m1/s1. The minimum absolute atomic E-state index is 0.263. The Labute approximate surface area is 73.2 Å². The molecule has 70 valence electrons. The van der Waals surface area contributed by atoms with E-state index in [0.717, 1.165) is 32.5 Å². The van der Waals surface area contributed by atoms with Crippen molar-refractivity contribution < 1.29 is 9.47 Å². The van der Waals surface area contributed by atoms with Gasteiger partial charge in [0.2, 0.25) is 0 Å². The summed E-state index contributed by atoms with van der Waals surface area (Å²) in [5.41, 5.74) is 5.89. The molecule has 1 aliphatic carbocycles. The Morgan fingerprint density at radius 2 is 1.92 bits per heavy atom. The number of nitrogens with two attached hydrogens (primary N) is 1. The van der Waals surface area contributed by atoms with Crippen molar-refractivity contribution in [2.75, 3.05) is 13.2 Å². The van der Waals surface area contributed by atoms with Crippen LogP contribution in [0.5, 0.6) is 0 Å². The number of ether oxygens (including phenoxy) is 2. The van der Waals surface area contributed by atoms with Gasteiger partial charge in [-0.3, -0.25) is 0 Å². The van der Waals surface area contributed by atoms with Crippen LogP contribution in [0, 0.1) is 5.92 Å². The fourth-order valence-electron chi connectivity index (χ4n) is 2.23. The van der Waals surface area contributed by atoms with Gasteiger partial charge in [-0.25, -0.2) is 0 Å². The molecular weight excluding hydrogens is 154 g/mol. The van der Waals surface area contributed by atoms with Crippen LogP contribution >= 0.6 is 0 Å². The smallest absolute Gasteiger partial charge is 0.172 e. The first-order valence-corrected chi connectivity index (χ1v) is 4.76. The van der Waals surface area contributed by atoms with Crippen LogP contribution in [-0.2, 0) is 9.47 Å². The molecule has 12 heavy (non-hydrogen) atoms. The van der Waals surface area contributed by atoms with Gasteiger partial charge in [-0.15, -0.1) is 0 Å². The molecule has 1 heterocycles. The van der Waals surface area contributed by atoms with E-state index in [1.54, 1.807) is 0 Å². The maximum absolute atomic E-state index is 5.89. The lowest BCUT2D eigenvalue weighted by atomic mass is 9.82. The Hall–Kier alpha value is -0.120. The second-order valence-corrected chi connectivity index (χ2v) is 3.95. The van der Waals surface area contributed by atoms with E-state index < -0.39 is 0 Å². The van der Waals surface area contributed by atoms with Crippen molar-refractivity contribution in [3.05, 3.63) is 0 Å². The Morgan fingerprint density at radius 3 is 2.58 bits per heavy atom. The highest BCUT2D eigenvalue weighted by Crippen LogP contribution is 2.39. The van der Waals surface area contributed by atoms with E-state index in [1.807, 2.05) is 0 Å². The van der Waals surface area contributed by atoms with Crippen molar-refractivity contribution in [2.24, 2.45) is 11.7 Å². The molecule has 0 bridgehead atoms. The number of rotatable bonds is 0. The summed E-state index contributed by atoms with van der Waals surface area (Å²) >= 11 is 0. The van der Waals surface area contributed by atoms with E-state index in [9.17, 15) is 0 Å². The molecule has 2 atom stereocenters. The van der Waals surface area contributed by atoms with Gasteiger partial charge in [0.25, 0.3) is 0 Å². The summed E-state index contributed by atoms with van der Waals surface area (Å²) in [6.45, 7) is 3.66. The van der Waals surface area contributed by atoms with Crippen LogP contribution in [0.4, 0.5) is 0 Å². The molecule has 0 aromatic heterocycles. The Kier molecular flexibility index (Phi) is 2.10. The van der Waals surface area contributed by atoms with Gasteiger partial charge in [-0.2, -0.15) is 0 Å². The molecule has 1 unspecified atom stereocenters. The maximum atomic E-state index is 5.89. The summed E-state index contributed by atoms with van der Waals surface area (Å²) in [7, 11) is 0. The molecule has 3 heteroatoms. The molecule has 3 nitrogen and oxygen atoms in total. The molecule has 1 spiro atoms. The van der Waals surface area contributed by atoms with Gasteiger partial charge >= 0.3 is 0 Å². The van der Waals surface area contributed by atoms with Crippen LogP contribution in [0.1, 0.15) is 26.2 Å². The van der Waals surface area contributed by atoms with E-state index in [2.05, 4.69) is 6.92 Å². The van der Waals surface area contributed by atoms with Crippen LogP contribution in [-0.4, -0.2) is 25.0 Å². The maximum Gasteiger partial charge on any atom is 0.172 e. The minimum Gasteiger partial charge on any atom is -0.347 e. The van der Waals surface area contributed by atoms with Crippen LogP contribution < -0.4 is 5.73 Å². The fraction of sp³-hybridized carbons (Fsp3) is 1.00. The second-order valence-electron chi connectivity index (χ2n) is 3.95. The van der Waals surface area contributed by atoms with E-state index in [0.29, 0.717) is 5.92 Å². The van der Waals surface area contributed by atoms with Gasteiger partial charge in [0, 0.05) is 18.4 Å². The summed E-state index contributed by atoms with van der Waals surface area (Å²) in [5.74, 6) is 0.178. The zero-order chi connectivity index (χ0) is 8.60. The third kappa shape index (κ3) is 1.26. The molecule has 0 aromatic rings. The monoisotopic (exact) mass is 171 g/mol. The normalized spacial score (nSPS) is 40.5. The quantitative estimate of drug-likeness (QED) is 0.588. The zero-order valence-corrected chi connectivity index (χ0v) is 7.58. The van der Waals surface area contributed by atoms with Crippen molar-refractivity contribution >= 4 is 0 Å². The minimum atomic E-state index is -0.322. The topological polar surface area (TPSA) is 44.5 Å². The summed E-state index contributed by atoms with van der Waals surface area (Å²) in [6, 6.07) is 0.263. The molecule has 0 radical (unpaired) electrons. The number of hydrogen-bond donors (Lipinski definition) is 1. The molecule has 1 saturated carbocycles. The van der Waals surface area contributed by atoms with E-state index in [4.69, 9.17) is 15.2 Å². The van der Waals surface area contributed by atoms with Gasteiger partial charge in [0.15, 0.2) is 5.79 Å². The summed E-state index contributed by atoms with van der Waals surface area (Å²) in [6.07, 6.45) is 3.10. The first-order chi connectivity index (χ1) is 5.73. The third-order valence-electron chi connectivity index (χ3n) is 3.04. The predicted molar refractivity (Wildman–Crippen MR) is 45.6 cm³/mol. The Morgan fingerprint density at radius 1 is 1.25 bits per heavy atom. The van der Waals surface area contributed by atoms with Crippen molar-refractivity contribution in [2.45, 2.75) is 38.0 Å². The molecule has 2 fully saturated rings. The SMILES string of the molecule is CC1CC[C@@H](N)CC12OCCO2. The van der Waals surface area contributed by atoms with Crippen molar-refractivity contribution in [3.8, 4) is 0 Å². The molecule has 0 aromatic carbocycles. The van der Waals surface area contributed by atoms with E-state index >= 15 is 0 Å². The van der Waals surface area contributed by atoms with Crippen LogP contribution in [0.15, 0.2) is 0 Å². The van der Waals surface area contributed by atoms with Gasteiger partial charge in [-0.05, 0) is 12.8 Å². The van der Waals surface area contributed by atoms with Gasteiger partial charge in [0.05, 0.1) is 13.2 Å². The van der Waals surface area contributed by atoms with Crippen molar-refractivity contribution in [3.63, 3.8) is 0 Å². The highest BCUT2D eigenvalue weighted by molar-refractivity contribution is 4.89. The third-order valence-corrected chi connectivity index (χ3v) is 3.04. The summed E-state index contributed by atoms with van der Waals surface area (Å²) in [5, 5.41) is 0. The van der Waals surface area contributed by atoms with Gasteiger partial charge in [0.1, 0.15) is 0 Å². The van der Waals surface area contributed by atoms with E-state index in [1.165, 1.54) is 0 Å². The lowest BCUT2D eigenvalue weighted by molar-refractivity contribution is -0.210. The molecule has 2 N–H and O–H groups in total. The van der Waals surface area contributed by atoms with Crippen LogP contribution in [0.25, 0.3) is 0 Å². The van der Waals surface area contributed by atoms with Gasteiger partial charge in [-0.1, -0.05) is 6.92 Å². The predicted octanol–water partition coefficient (Wildman–Crippen LogP) is 0.877. The zero-order valence-electron chi connectivity index (χ0n) is 7.58. The lowest BCUT2D eigenvalue weighted by Crippen LogP contribution is -2.47. The average Bonchev–Trinajstić information content (AvgIpc) is 2.48. The molecule has 1 saturated heterocycles. The second kappa shape index (κ2) is 2.98. The lowest BCUT2D eigenvalue weighted by Gasteiger charge is -2.39. The van der Waals surface area contributed by atoms with Crippen molar-refractivity contribution in [1.29, 1.82) is 0 Å². The molecular formula is C9H17NO2. The average molecular weight is 171 g/mol. The molecule has 1 aliphatic heterocycles. The highest BCUT2D eigenvalue weighted by Gasteiger charge is 2.45. The van der Waals surface area contributed by atoms with Crippen LogP contribution in [0.3, 0.4) is 0 Å². The van der Waals surface area contributed by atoms with Crippen molar-refractivity contribution in [1.82, 2.24) is 0 Å². The number of hydrogen-bond acceptors (Lipinski definition) is 3. The summed E-state index contributed by atoms with van der Waals surface area (Å²) < 4.78 is 11.3. The molecule has 2 rings (SSSR count). The molecule has 0 amide bonds. The fourth-order valence-corrected chi connectivity index (χ4v) is 2.23. The first kappa shape index (κ1) is 8.48. The Bertz CT molecular complexity index is 166. The first-order valence-electron chi connectivity index (χ1n) is 4.76. The highest BCUT2D eigenvalue weighted by atomic mass is 16.7. The summed E-state index contributed by atoms with van der Waals surface area (Å²) in [4.78, 5) is 0.